The van der Waals surface area contributed by atoms with Crippen LogP contribution in [0.1, 0.15) is 32.6 Å². The molecule has 0 aromatic heterocycles. The van der Waals surface area contributed by atoms with Crippen molar-refractivity contribution in [2.45, 2.75) is 44.7 Å². The molecule has 0 aromatic rings. The highest BCUT2D eigenvalue weighted by molar-refractivity contribution is 5.80. The van der Waals surface area contributed by atoms with E-state index in [4.69, 9.17) is 5.73 Å². The Morgan fingerprint density at radius 1 is 1.57 bits per heavy atom. The molecule has 1 saturated heterocycles. The Kier molecular flexibility index (Phi) is 4.90. The third-order valence-corrected chi connectivity index (χ3v) is 2.68. The molecule has 2 atom stereocenters. The second-order valence-corrected chi connectivity index (χ2v) is 3.95. The zero-order chi connectivity index (χ0) is 10.4. The summed E-state index contributed by atoms with van der Waals surface area (Å²) in [5, 5.41) is 6.60. The lowest BCUT2D eigenvalue weighted by Gasteiger charge is -2.12. The molecule has 0 radical (unpaired) electrons. The van der Waals surface area contributed by atoms with Crippen LogP contribution in [0.3, 0.4) is 0 Å². The molecule has 14 heavy (non-hydrogen) atoms. The Hall–Kier alpha value is -0.610. The molecule has 1 aliphatic heterocycles. The summed E-state index contributed by atoms with van der Waals surface area (Å²) in [7, 11) is 0. The molecule has 0 aromatic carbocycles. The largest absolute Gasteiger partial charge is 0.368 e. The Balaban J connectivity index is 2.07. The Morgan fingerprint density at radius 3 is 2.93 bits per heavy atom. The van der Waals surface area contributed by atoms with Crippen LogP contribution in [0.5, 0.6) is 0 Å². The molecule has 0 bridgehead atoms. The molecule has 1 rings (SSSR count). The van der Waals surface area contributed by atoms with Crippen molar-refractivity contribution < 1.29 is 4.79 Å². The monoisotopic (exact) mass is 199 g/mol. The van der Waals surface area contributed by atoms with E-state index in [1.54, 1.807) is 0 Å². The number of nitrogens with one attached hydrogen (secondary N) is 2. The molecule has 82 valence electrons. The molecule has 0 saturated carbocycles. The Morgan fingerprint density at radius 2 is 2.36 bits per heavy atom. The van der Waals surface area contributed by atoms with E-state index in [1.807, 2.05) is 0 Å². The number of carbonyl (C=O) groups excluding carboxylic acids is 1. The van der Waals surface area contributed by atoms with Gasteiger partial charge in [0.05, 0.1) is 6.04 Å². The van der Waals surface area contributed by atoms with Gasteiger partial charge in [-0.2, -0.15) is 0 Å². The van der Waals surface area contributed by atoms with Gasteiger partial charge < -0.3 is 16.4 Å². The lowest BCUT2D eigenvalue weighted by Crippen LogP contribution is -2.43. The van der Waals surface area contributed by atoms with E-state index in [0.29, 0.717) is 6.04 Å². The molecule has 1 aliphatic rings. The van der Waals surface area contributed by atoms with Gasteiger partial charge in [0.1, 0.15) is 0 Å². The van der Waals surface area contributed by atoms with Gasteiger partial charge in [-0.3, -0.25) is 4.79 Å². The van der Waals surface area contributed by atoms with Crippen molar-refractivity contribution >= 4 is 5.91 Å². The van der Waals surface area contributed by atoms with Crippen LogP contribution in [0.2, 0.25) is 0 Å². The number of nitrogens with two attached hydrogens (primary N) is 1. The van der Waals surface area contributed by atoms with Crippen molar-refractivity contribution in [1.82, 2.24) is 10.6 Å². The summed E-state index contributed by atoms with van der Waals surface area (Å²) in [5.41, 5.74) is 5.21. The molecule has 4 nitrogen and oxygen atoms in total. The summed E-state index contributed by atoms with van der Waals surface area (Å²) >= 11 is 0. The summed E-state index contributed by atoms with van der Waals surface area (Å²) < 4.78 is 0. The third kappa shape index (κ3) is 3.64. The predicted octanol–water partition coefficient (Wildman–Crippen LogP) is -0.0180. The van der Waals surface area contributed by atoms with E-state index < -0.39 is 0 Å². The van der Waals surface area contributed by atoms with Crippen molar-refractivity contribution in [2.75, 3.05) is 13.1 Å². The van der Waals surface area contributed by atoms with Crippen LogP contribution in [-0.4, -0.2) is 31.1 Å². The molecule has 2 unspecified atom stereocenters. The second kappa shape index (κ2) is 5.98. The standard InChI is InChI=1S/C10H21N3O/c1-2-3-6-12-7-8-4-5-9(13-8)10(11)14/h8-9,12-13H,2-7H2,1H3,(H2,11,14). The molecular weight excluding hydrogens is 178 g/mol. The first-order valence-electron chi connectivity index (χ1n) is 5.50. The van der Waals surface area contributed by atoms with Crippen molar-refractivity contribution in [3.8, 4) is 0 Å². The summed E-state index contributed by atoms with van der Waals surface area (Å²) in [5.74, 6) is -0.221. The van der Waals surface area contributed by atoms with Crippen LogP contribution in [-0.2, 0) is 4.79 Å². The fourth-order valence-corrected chi connectivity index (χ4v) is 1.78. The maximum Gasteiger partial charge on any atom is 0.234 e. The van der Waals surface area contributed by atoms with Gasteiger partial charge >= 0.3 is 0 Å². The fraction of sp³-hybridized carbons (Fsp3) is 0.900. The number of primary amides is 1. The lowest BCUT2D eigenvalue weighted by molar-refractivity contribution is -0.119. The van der Waals surface area contributed by atoms with Crippen molar-refractivity contribution in [1.29, 1.82) is 0 Å². The van der Waals surface area contributed by atoms with Gasteiger partial charge in [-0.05, 0) is 25.8 Å². The van der Waals surface area contributed by atoms with Crippen LogP contribution in [0.4, 0.5) is 0 Å². The van der Waals surface area contributed by atoms with E-state index in [-0.39, 0.29) is 11.9 Å². The van der Waals surface area contributed by atoms with Gasteiger partial charge in [-0.1, -0.05) is 13.3 Å². The normalized spacial score (nSPS) is 26.6. The third-order valence-electron chi connectivity index (χ3n) is 2.68. The van der Waals surface area contributed by atoms with Crippen LogP contribution < -0.4 is 16.4 Å². The highest BCUT2D eigenvalue weighted by atomic mass is 16.1. The predicted molar refractivity (Wildman–Crippen MR) is 56.9 cm³/mol. The van der Waals surface area contributed by atoms with Gasteiger partial charge in [0.15, 0.2) is 0 Å². The summed E-state index contributed by atoms with van der Waals surface area (Å²) in [6.45, 7) is 4.19. The van der Waals surface area contributed by atoms with E-state index in [0.717, 1.165) is 25.9 Å². The first-order valence-corrected chi connectivity index (χ1v) is 5.50. The number of carbonyl (C=O) groups is 1. The van der Waals surface area contributed by atoms with E-state index in [2.05, 4.69) is 17.6 Å². The number of hydrogen-bond acceptors (Lipinski definition) is 3. The molecule has 0 aliphatic carbocycles. The van der Waals surface area contributed by atoms with Crippen LogP contribution in [0, 0.1) is 0 Å². The van der Waals surface area contributed by atoms with Crippen LogP contribution >= 0.6 is 0 Å². The van der Waals surface area contributed by atoms with E-state index in [9.17, 15) is 4.79 Å². The smallest absolute Gasteiger partial charge is 0.234 e. The molecular formula is C10H21N3O. The van der Waals surface area contributed by atoms with E-state index >= 15 is 0 Å². The fourth-order valence-electron chi connectivity index (χ4n) is 1.78. The molecule has 0 spiro atoms. The molecule has 4 heteroatoms. The average molecular weight is 199 g/mol. The summed E-state index contributed by atoms with van der Waals surface area (Å²) in [4.78, 5) is 10.9. The van der Waals surface area contributed by atoms with Gasteiger partial charge in [-0.15, -0.1) is 0 Å². The second-order valence-electron chi connectivity index (χ2n) is 3.95. The quantitative estimate of drug-likeness (QED) is 0.527. The minimum atomic E-state index is -0.221. The van der Waals surface area contributed by atoms with Crippen molar-refractivity contribution in [3.05, 3.63) is 0 Å². The maximum absolute atomic E-state index is 10.9. The highest BCUT2D eigenvalue weighted by Gasteiger charge is 2.26. The summed E-state index contributed by atoms with van der Waals surface area (Å²) in [6.07, 6.45) is 4.36. The van der Waals surface area contributed by atoms with Crippen molar-refractivity contribution in [2.24, 2.45) is 5.73 Å². The van der Waals surface area contributed by atoms with Crippen LogP contribution in [0.15, 0.2) is 0 Å². The Labute approximate surface area is 85.6 Å². The molecule has 1 heterocycles. The minimum absolute atomic E-state index is 0.104. The van der Waals surface area contributed by atoms with Gasteiger partial charge in [0.2, 0.25) is 5.91 Å². The average Bonchev–Trinajstić information content (AvgIpc) is 2.61. The number of hydrogen-bond donors (Lipinski definition) is 3. The maximum atomic E-state index is 10.9. The summed E-state index contributed by atoms with van der Waals surface area (Å²) in [6, 6.07) is 0.317. The molecule has 1 amide bonds. The number of amides is 1. The highest BCUT2D eigenvalue weighted by Crippen LogP contribution is 2.10. The first-order chi connectivity index (χ1) is 6.74. The molecule has 1 fully saturated rings. The zero-order valence-corrected chi connectivity index (χ0v) is 8.88. The lowest BCUT2D eigenvalue weighted by atomic mass is 10.2. The Bertz CT molecular complexity index is 184. The van der Waals surface area contributed by atoms with E-state index in [1.165, 1.54) is 12.8 Å². The van der Waals surface area contributed by atoms with Crippen LogP contribution in [0.25, 0.3) is 0 Å². The number of unbranched alkanes of at least 4 members (excludes halogenated alkanes) is 1. The zero-order valence-electron chi connectivity index (χ0n) is 8.88. The SMILES string of the molecule is CCCCNCC1CCC(C(N)=O)N1. The topological polar surface area (TPSA) is 67.1 Å². The minimum Gasteiger partial charge on any atom is -0.368 e. The first kappa shape index (κ1) is 11.5. The number of rotatable bonds is 6. The van der Waals surface area contributed by atoms with Gasteiger partial charge in [-0.25, -0.2) is 0 Å². The van der Waals surface area contributed by atoms with Crippen molar-refractivity contribution in [3.63, 3.8) is 0 Å². The van der Waals surface area contributed by atoms with Gasteiger partial charge in [0.25, 0.3) is 0 Å². The molecule has 4 N–H and O–H groups in total. The van der Waals surface area contributed by atoms with Gasteiger partial charge in [0, 0.05) is 12.6 Å².